The van der Waals surface area contributed by atoms with Crippen LogP contribution in [0.3, 0.4) is 0 Å². The molecule has 1 nitrogen and oxygen atoms in total. The highest BCUT2D eigenvalue weighted by atomic mass is 14.9. The van der Waals surface area contributed by atoms with Crippen molar-refractivity contribution >= 4 is 5.69 Å². The summed E-state index contributed by atoms with van der Waals surface area (Å²) in [6.07, 6.45) is 2.26. The maximum atomic E-state index is 3.54. The molecule has 0 aliphatic carbocycles. The minimum atomic E-state index is 0.603. The molecule has 0 spiro atoms. The zero-order valence-corrected chi connectivity index (χ0v) is 10.8. The third kappa shape index (κ3) is 2.13. The molecular formula is C17H19N. The van der Waals surface area contributed by atoms with Gasteiger partial charge in [-0.25, -0.2) is 0 Å². The predicted molar refractivity (Wildman–Crippen MR) is 77.2 cm³/mol. The average Bonchev–Trinajstić information content (AvgIpc) is 2.47. The highest BCUT2D eigenvalue weighted by molar-refractivity contribution is 5.54. The zero-order chi connectivity index (χ0) is 12.4. The van der Waals surface area contributed by atoms with E-state index in [-0.39, 0.29) is 0 Å². The number of fused-ring (bicyclic) bond motifs is 1. The van der Waals surface area contributed by atoms with Crippen LogP contribution in [0.2, 0.25) is 0 Å². The minimum Gasteiger partial charge on any atom is -0.384 e. The lowest BCUT2D eigenvalue weighted by atomic mass is 9.88. The Bertz CT molecular complexity index is 528. The molecule has 18 heavy (non-hydrogen) atoms. The van der Waals surface area contributed by atoms with Crippen LogP contribution in [0.4, 0.5) is 5.69 Å². The van der Waals surface area contributed by atoms with Gasteiger partial charge in [0, 0.05) is 18.2 Å². The van der Waals surface area contributed by atoms with Gasteiger partial charge in [-0.2, -0.15) is 0 Å². The van der Waals surface area contributed by atoms with Crippen molar-refractivity contribution in [1.82, 2.24) is 0 Å². The maximum absolute atomic E-state index is 3.54. The number of hydrogen-bond donors (Lipinski definition) is 1. The molecule has 1 unspecified atom stereocenters. The van der Waals surface area contributed by atoms with Gasteiger partial charge < -0.3 is 5.32 Å². The molecule has 0 amide bonds. The van der Waals surface area contributed by atoms with E-state index in [4.69, 9.17) is 0 Å². The molecule has 0 saturated carbocycles. The Kier molecular flexibility index (Phi) is 3.06. The lowest BCUT2D eigenvalue weighted by molar-refractivity contribution is 0.694. The van der Waals surface area contributed by atoms with E-state index < -0.39 is 0 Å². The van der Waals surface area contributed by atoms with E-state index in [0.29, 0.717) is 5.92 Å². The van der Waals surface area contributed by atoms with Crippen LogP contribution in [0, 0.1) is 0 Å². The zero-order valence-electron chi connectivity index (χ0n) is 10.8. The van der Waals surface area contributed by atoms with Crippen LogP contribution in [0.5, 0.6) is 0 Å². The number of benzene rings is 2. The second kappa shape index (κ2) is 4.85. The number of aryl methyl sites for hydroxylation is 1. The van der Waals surface area contributed by atoms with Crippen LogP contribution in [0.15, 0.2) is 48.5 Å². The van der Waals surface area contributed by atoms with Crippen molar-refractivity contribution in [3.63, 3.8) is 0 Å². The molecule has 1 heteroatoms. The first-order valence-corrected chi connectivity index (χ1v) is 6.77. The highest BCUT2D eigenvalue weighted by Crippen LogP contribution is 2.30. The molecule has 1 N–H and O–H groups in total. The predicted octanol–water partition coefficient (Wildman–Crippen LogP) is 4.00. The Balaban J connectivity index is 1.82. The smallest absolute Gasteiger partial charge is 0.0373 e. The van der Waals surface area contributed by atoms with Crippen LogP contribution >= 0.6 is 0 Å². The maximum Gasteiger partial charge on any atom is 0.0373 e. The summed E-state index contributed by atoms with van der Waals surface area (Å²) < 4.78 is 0. The second-order valence-corrected chi connectivity index (χ2v) is 5.03. The molecule has 1 aliphatic heterocycles. The van der Waals surface area contributed by atoms with Crippen LogP contribution in [0.1, 0.15) is 29.5 Å². The lowest BCUT2D eigenvalue weighted by Crippen LogP contribution is -2.21. The van der Waals surface area contributed by atoms with E-state index in [1.807, 2.05) is 0 Å². The van der Waals surface area contributed by atoms with E-state index in [9.17, 15) is 0 Å². The van der Waals surface area contributed by atoms with Crippen molar-refractivity contribution in [2.24, 2.45) is 0 Å². The van der Waals surface area contributed by atoms with Gasteiger partial charge in [0.25, 0.3) is 0 Å². The molecular weight excluding hydrogens is 218 g/mol. The summed E-state index contributed by atoms with van der Waals surface area (Å²) >= 11 is 0. The van der Waals surface area contributed by atoms with Crippen molar-refractivity contribution in [2.45, 2.75) is 25.7 Å². The Hall–Kier alpha value is -1.76. The lowest BCUT2D eigenvalue weighted by Gasteiger charge is -2.26. The molecule has 1 atom stereocenters. The quantitative estimate of drug-likeness (QED) is 0.832. The molecule has 1 aliphatic rings. The number of nitrogens with one attached hydrogen (secondary N) is 1. The van der Waals surface area contributed by atoms with E-state index in [1.165, 1.54) is 22.4 Å². The molecule has 2 aromatic carbocycles. The van der Waals surface area contributed by atoms with Gasteiger partial charge in [-0.1, -0.05) is 49.4 Å². The summed E-state index contributed by atoms with van der Waals surface area (Å²) in [4.78, 5) is 0. The van der Waals surface area contributed by atoms with Gasteiger partial charge in [-0.05, 0) is 35.6 Å². The summed E-state index contributed by atoms with van der Waals surface area (Å²) in [5.74, 6) is 0.603. The van der Waals surface area contributed by atoms with Gasteiger partial charge >= 0.3 is 0 Å². The number of para-hydroxylation sites is 1. The van der Waals surface area contributed by atoms with Gasteiger partial charge in [0.1, 0.15) is 0 Å². The molecule has 0 saturated heterocycles. The van der Waals surface area contributed by atoms with E-state index in [0.717, 1.165) is 19.4 Å². The fourth-order valence-corrected chi connectivity index (χ4v) is 2.70. The molecule has 0 aromatic heterocycles. The molecule has 1 heterocycles. The van der Waals surface area contributed by atoms with E-state index in [2.05, 4.69) is 60.8 Å². The van der Waals surface area contributed by atoms with Crippen molar-refractivity contribution in [2.75, 3.05) is 11.9 Å². The van der Waals surface area contributed by atoms with Crippen molar-refractivity contribution < 1.29 is 0 Å². The van der Waals surface area contributed by atoms with Crippen molar-refractivity contribution in [3.8, 4) is 0 Å². The third-order valence-electron chi connectivity index (χ3n) is 3.88. The molecule has 0 radical (unpaired) electrons. The molecule has 92 valence electrons. The van der Waals surface area contributed by atoms with Crippen molar-refractivity contribution in [1.29, 1.82) is 0 Å². The van der Waals surface area contributed by atoms with Gasteiger partial charge in [0.05, 0.1) is 0 Å². The van der Waals surface area contributed by atoms with Gasteiger partial charge in [0.15, 0.2) is 0 Å². The second-order valence-electron chi connectivity index (χ2n) is 5.03. The number of hydrogen-bond acceptors (Lipinski definition) is 1. The molecule has 3 rings (SSSR count). The monoisotopic (exact) mass is 237 g/mol. The SMILES string of the molecule is CCc1ccc(C2CNc3ccccc3C2)cc1. The fraction of sp³-hybridized carbons (Fsp3) is 0.294. The highest BCUT2D eigenvalue weighted by Gasteiger charge is 2.18. The Morgan fingerprint density at radius 3 is 2.61 bits per heavy atom. The largest absolute Gasteiger partial charge is 0.384 e. The van der Waals surface area contributed by atoms with E-state index >= 15 is 0 Å². The van der Waals surface area contributed by atoms with Crippen LogP contribution < -0.4 is 5.32 Å². The summed E-state index contributed by atoms with van der Waals surface area (Å²) in [6, 6.07) is 17.7. The summed E-state index contributed by atoms with van der Waals surface area (Å²) in [7, 11) is 0. The first-order chi connectivity index (χ1) is 8.86. The number of anilines is 1. The minimum absolute atomic E-state index is 0.603. The Morgan fingerprint density at radius 1 is 1.06 bits per heavy atom. The third-order valence-corrected chi connectivity index (χ3v) is 3.88. The Labute approximate surface area is 109 Å². The first-order valence-electron chi connectivity index (χ1n) is 6.77. The Morgan fingerprint density at radius 2 is 1.83 bits per heavy atom. The first kappa shape index (κ1) is 11.3. The average molecular weight is 237 g/mol. The molecule has 0 bridgehead atoms. The van der Waals surface area contributed by atoms with Gasteiger partial charge in [0.2, 0.25) is 0 Å². The fourth-order valence-electron chi connectivity index (χ4n) is 2.70. The van der Waals surface area contributed by atoms with Gasteiger partial charge in [-0.15, -0.1) is 0 Å². The van der Waals surface area contributed by atoms with Crippen LogP contribution in [-0.4, -0.2) is 6.54 Å². The van der Waals surface area contributed by atoms with Crippen molar-refractivity contribution in [3.05, 3.63) is 65.2 Å². The molecule has 0 fully saturated rings. The normalized spacial score (nSPS) is 17.9. The molecule has 2 aromatic rings. The van der Waals surface area contributed by atoms with Crippen LogP contribution in [0.25, 0.3) is 0 Å². The summed E-state index contributed by atoms with van der Waals surface area (Å²) in [6.45, 7) is 3.25. The van der Waals surface area contributed by atoms with Crippen LogP contribution in [-0.2, 0) is 12.8 Å². The standard InChI is InChI=1S/C17H19N/c1-2-13-7-9-14(10-8-13)16-11-15-5-3-4-6-17(15)18-12-16/h3-10,16,18H,2,11-12H2,1H3. The summed E-state index contributed by atoms with van der Waals surface area (Å²) in [5.41, 5.74) is 5.62. The van der Waals surface area contributed by atoms with Gasteiger partial charge in [-0.3, -0.25) is 0 Å². The topological polar surface area (TPSA) is 12.0 Å². The summed E-state index contributed by atoms with van der Waals surface area (Å²) in [5, 5.41) is 3.54. The van der Waals surface area contributed by atoms with E-state index in [1.54, 1.807) is 0 Å². The number of rotatable bonds is 2.